The van der Waals surface area contributed by atoms with Gasteiger partial charge in [-0.25, -0.2) is 0 Å². The van der Waals surface area contributed by atoms with E-state index < -0.39 is 5.60 Å². The zero-order valence-corrected chi connectivity index (χ0v) is 20.4. The van der Waals surface area contributed by atoms with E-state index in [0.717, 1.165) is 33.3 Å². The molecule has 0 unspecified atom stereocenters. The highest BCUT2D eigenvalue weighted by Gasteiger charge is 2.21. The fraction of sp³-hybridized carbons (Fsp3) is 0.250. The van der Waals surface area contributed by atoms with E-state index >= 15 is 0 Å². The van der Waals surface area contributed by atoms with E-state index in [-0.39, 0.29) is 11.5 Å². The lowest BCUT2D eigenvalue weighted by Gasteiger charge is -2.23. The molecule has 2 heterocycles. The minimum absolute atomic E-state index is 0.0980. The van der Waals surface area contributed by atoms with Crippen LogP contribution in [0.3, 0.4) is 0 Å². The number of pyridine rings is 2. The topological polar surface area (TPSA) is 73.2 Å². The summed E-state index contributed by atoms with van der Waals surface area (Å²) in [7, 11) is 3.41. The number of ether oxygens (including phenoxy) is 1. The van der Waals surface area contributed by atoms with Crippen LogP contribution in [0.4, 0.5) is 5.69 Å². The number of methoxy groups -OCH3 is 1. The van der Waals surface area contributed by atoms with Crippen molar-refractivity contribution in [2.75, 3.05) is 12.4 Å². The Morgan fingerprint density at radius 2 is 1.79 bits per heavy atom. The van der Waals surface area contributed by atoms with E-state index in [1.807, 2.05) is 76.2 Å². The second-order valence-electron chi connectivity index (χ2n) is 9.09. The van der Waals surface area contributed by atoms with E-state index in [1.54, 1.807) is 31.0 Å². The Hall–Kier alpha value is -3.77. The van der Waals surface area contributed by atoms with Gasteiger partial charge in [-0.2, -0.15) is 0 Å². The van der Waals surface area contributed by atoms with Gasteiger partial charge in [-0.15, -0.1) is 0 Å². The van der Waals surface area contributed by atoms with Crippen molar-refractivity contribution in [1.29, 1.82) is 0 Å². The molecule has 0 atom stereocenters. The fourth-order valence-corrected chi connectivity index (χ4v) is 4.00. The monoisotopic (exact) mass is 455 g/mol. The summed E-state index contributed by atoms with van der Waals surface area (Å²) in [4.78, 5) is 30.6. The molecule has 4 aromatic rings. The highest BCUT2D eigenvalue weighted by Crippen LogP contribution is 2.28. The molecule has 6 nitrogen and oxygen atoms in total. The Labute approximate surface area is 199 Å². The van der Waals surface area contributed by atoms with E-state index in [1.165, 1.54) is 0 Å². The Bertz CT molecular complexity index is 1470. The standard InChI is InChI=1S/C28H29N3O3/c1-17-10-11-22(30-26(32)19-8-7-9-21(13-19)28(3,4)34-6)15-23(17)24-14-20-16-29-18(2)12-25(20)31(5)27(24)33/h7-16H,1-6H3,(H,30,32). The predicted octanol–water partition coefficient (Wildman–Crippen LogP) is 5.35. The maximum Gasteiger partial charge on any atom is 0.258 e. The number of hydrogen-bond donors (Lipinski definition) is 1. The van der Waals surface area contributed by atoms with Crippen LogP contribution in [0.2, 0.25) is 0 Å². The van der Waals surface area contributed by atoms with Crippen molar-refractivity contribution in [3.8, 4) is 11.1 Å². The van der Waals surface area contributed by atoms with Crippen LogP contribution in [0.1, 0.15) is 41.0 Å². The molecule has 2 aromatic carbocycles. The first-order valence-corrected chi connectivity index (χ1v) is 11.1. The maximum absolute atomic E-state index is 13.2. The fourth-order valence-electron chi connectivity index (χ4n) is 4.00. The normalized spacial score (nSPS) is 11.6. The Morgan fingerprint density at radius 1 is 1.03 bits per heavy atom. The third kappa shape index (κ3) is 4.37. The third-order valence-corrected chi connectivity index (χ3v) is 6.36. The van der Waals surface area contributed by atoms with E-state index in [0.29, 0.717) is 16.8 Å². The molecule has 0 aliphatic heterocycles. The van der Waals surface area contributed by atoms with Gasteiger partial charge < -0.3 is 14.6 Å². The minimum atomic E-state index is -0.503. The van der Waals surface area contributed by atoms with Crippen LogP contribution in [-0.4, -0.2) is 22.6 Å². The van der Waals surface area contributed by atoms with Crippen molar-refractivity contribution in [3.63, 3.8) is 0 Å². The van der Waals surface area contributed by atoms with E-state index in [2.05, 4.69) is 10.3 Å². The summed E-state index contributed by atoms with van der Waals surface area (Å²) < 4.78 is 7.19. The van der Waals surface area contributed by atoms with Crippen LogP contribution in [0.25, 0.3) is 22.0 Å². The lowest BCUT2D eigenvalue weighted by atomic mass is 9.96. The van der Waals surface area contributed by atoms with Crippen LogP contribution in [-0.2, 0) is 17.4 Å². The number of anilines is 1. The number of aryl methyl sites for hydroxylation is 3. The number of carbonyl (C=O) groups is 1. The number of hydrogen-bond acceptors (Lipinski definition) is 4. The molecule has 0 saturated heterocycles. The average molecular weight is 456 g/mol. The van der Waals surface area contributed by atoms with Gasteiger partial charge in [0, 0.05) is 48.2 Å². The molecule has 0 aliphatic carbocycles. The van der Waals surface area contributed by atoms with Gasteiger partial charge in [0.2, 0.25) is 0 Å². The van der Waals surface area contributed by atoms with Crippen molar-refractivity contribution in [2.24, 2.45) is 7.05 Å². The van der Waals surface area contributed by atoms with Crippen LogP contribution in [0, 0.1) is 13.8 Å². The molecule has 0 radical (unpaired) electrons. The Balaban J connectivity index is 1.71. The number of nitrogens with one attached hydrogen (secondary N) is 1. The SMILES string of the molecule is COC(C)(C)c1cccc(C(=O)Nc2ccc(C)c(-c3cc4cnc(C)cc4n(C)c3=O)c2)c1. The molecule has 6 heteroatoms. The summed E-state index contributed by atoms with van der Waals surface area (Å²) in [5.41, 5.74) is 5.44. The van der Waals surface area contributed by atoms with Gasteiger partial charge in [0.15, 0.2) is 0 Å². The number of nitrogens with zero attached hydrogens (tertiary/aromatic N) is 2. The average Bonchev–Trinajstić information content (AvgIpc) is 2.83. The molecule has 0 aliphatic rings. The first kappa shape index (κ1) is 23.4. The lowest BCUT2D eigenvalue weighted by molar-refractivity contribution is 0.0192. The summed E-state index contributed by atoms with van der Waals surface area (Å²) in [6, 6.07) is 16.8. The summed E-state index contributed by atoms with van der Waals surface area (Å²) >= 11 is 0. The number of aromatic nitrogens is 2. The minimum Gasteiger partial charge on any atom is -0.374 e. The van der Waals surface area contributed by atoms with Crippen molar-refractivity contribution < 1.29 is 9.53 Å². The second kappa shape index (κ2) is 8.88. The number of rotatable bonds is 5. The summed E-state index contributed by atoms with van der Waals surface area (Å²) in [6.07, 6.45) is 1.78. The van der Waals surface area contributed by atoms with E-state index in [4.69, 9.17) is 4.74 Å². The van der Waals surface area contributed by atoms with E-state index in [9.17, 15) is 9.59 Å². The van der Waals surface area contributed by atoms with Crippen LogP contribution in [0.15, 0.2) is 65.6 Å². The van der Waals surface area contributed by atoms with Gasteiger partial charge in [-0.1, -0.05) is 18.2 Å². The Morgan fingerprint density at radius 3 is 2.53 bits per heavy atom. The zero-order valence-electron chi connectivity index (χ0n) is 20.4. The largest absolute Gasteiger partial charge is 0.374 e. The summed E-state index contributed by atoms with van der Waals surface area (Å²) in [5, 5.41) is 3.85. The molecule has 4 rings (SSSR count). The van der Waals surface area contributed by atoms with Crippen molar-refractivity contribution in [3.05, 3.63) is 93.5 Å². The summed E-state index contributed by atoms with van der Waals surface area (Å²) in [6.45, 7) is 7.77. The van der Waals surface area contributed by atoms with Crippen LogP contribution < -0.4 is 10.9 Å². The highest BCUT2D eigenvalue weighted by atomic mass is 16.5. The summed E-state index contributed by atoms with van der Waals surface area (Å²) in [5.74, 6) is -0.227. The predicted molar refractivity (Wildman–Crippen MR) is 136 cm³/mol. The van der Waals surface area contributed by atoms with Gasteiger partial charge in [-0.3, -0.25) is 14.6 Å². The van der Waals surface area contributed by atoms with Gasteiger partial charge in [0.25, 0.3) is 11.5 Å². The Kier molecular flexibility index (Phi) is 6.11. The smallest absolute Gasteiger partial charge is 0.258 e. The van der Waals surface area contributed by atoms with Gasteiger partial charge in [-0.05, 0) is 80.8 Å². The molecular formula is C28H29N3O3. The second-order valence-corrected chi connectivity index (χ2v) is 9.09. The quantitative estimate of drug-likeness (QED) is 0.440. The molecule has 0 bridgehead atoms. The highest BCUT2D eigenvalue weighted by molar-refractivity contribution is 6.04. The van der Waals surface area contributed by atoms with Gasteiger partial charge in [0.05, 0.1) is 11.1 Å². The molecule has 1 amide bonds. The van der Waals surface area contributed by atoms with Crippen molar-refractivity contribution in [2.45, 2.75) is 33.3 Å². The molecule has 2 aromatic heterocycles. The molecule has 1 N–H and O–H groups in total. The van der Waals surface area contributed by atoms with Crippen LogP contribution >= 0.6 is 0 Å². The van der Waals surface area contributed by atoms with Crippen molar-refractivity contribution >= 4 is 22.5 Å². The lowest BCUT2D eigenvalue weighted by Crippen LogP contribution is -2.21. The number of benzene rings is 2. The third-order valence-electron chi connectivity index (χ3n) is 6.36. The molecule has 34 heavy (non-hydrogen) atoms. The molecule has 174 valence electrons. The first-order chi connectivity index (χ1) is 16.1. The molecule has 0 saturated carbocycles. The van der Waals surface area contributed by atoms with Gasteiger partial charge >= 0.3 is 0 Å². The zero-order chi connectivity index (χ0) is 24.6. The number of amides is 1. The maximum atomic E-state index is 13.2. The van der Waals surface area contributed by atoms with Gasteiger partial charge in [0.1, 0.15) is 0 Å². The number of carbonyl (C=O) groups excluding carboxylic acids is 1. The molecular weight excluding hydrogens is 426 g/mol. The number of fused-ring (bicyclic) bond motifs is 1. The first-order valence-electron chi connectivity index (χ1n) is 11.1. The molecule has 0 spiro atoms. The van der Waals surface area contributed by atoms with Crippen molar-refractivity contribution in [1.82, 2.24) is 9.55 Å². The van der Waals surface area contributed by atoms with Crippen LogP contribution in [0.5, 0.6) is 0 Å². The molecule has 0 fully saturated rings.